The van der Waals surface area contributed by atoms with Crippen molar-refractivity contribution in [3.8, 4) is 0 Å². The number of nitrogens with one attached hydrogen (secondary N) is 2. The summed E-state index contributed by atoms with van der Waals surface area (Å²) < 4.78 is 0. The van der Waals surface area contributed by atoms with E-state index in [0.29, 0.717) is 13.1 Å². The quantitative estimate of drug-likeness (QED) is 0.586. The molecule has 0 rings (SSSR count). The minimum absolute atomic E-state index is 0.0899. The molecule has 0 saturated carbocycles. The molecular formula is C10H22N2O. The van der Waals surface area contributed by atoms with Crippen LogP contribution in [0.15, 0.2) is 0 Å². The molecule has 0 aliphatic carbocycles. The normalized spacial score (nSPS) is 10.5. The third kappa shape index (κ3) is 9.34. The van der Waals surface area contributed by atoms with Crippen molar-refractivity contribution in [1.82, 2.24) is 10.6 Å². The topological polar surface area (TPSA) is 41.1 Å². The molecule has 2 N–H and O–H groups in total. The van der Waals surface area contributed by atoms with Crippen LogP contribution in [0.2, 0.25) is 0 Å². The van der Waals surface area contributed by atoms with Crippen LogP contribution >= 0.6 is 0 Å². The molecule has 78 valence electrons. The molecule has 0 atom stereocenters. The van der Waals surface area contributed by atoms with Crippen LogP contribution in [0, 0.1) is 5.92 Å². The van der Waals surface area contributed by atoms with Crippen molar-refractivity contribution < 1.29 is 4.79 Å². The fourth-order valence-electron chi connectivity index (χ4n) is 1.10. The molecule has 0 spiro atoms. The van der Waals surface area contributed by atoms with Crippen molar-refractivity contribution in [3.05, 3.63) is 0 Å². The Labute approximate surface area is 81.3 Å². The van der Waals surface area contributed by atoms with E-state index in [1.165, 1.54) is 6.42 Å². The second kappa shape index (κ2) is 8.05. The fourth-order valence-corrected chi connectivity index (χ4v) is 1.10. The van der Waals surface area contributed by atoms with Crippen LogP contribution in [-0.4, -0.2) is 25.5 Å². The first-order valence-electron chi connectivity index (χ1n) is 5.14. The maximum atomic E-state index is 11.0. The van der Waals surface area contributed by atoms with E-state index in [4.69, 9.17) is 0 Å². The van der Waals surface area contributed by atoms with Crippen LogP contribution in [0.4, 0.5) is 0 Å². The predicted molar refractivity (Wildman–Crippen MR) is 55.6 cm³/mol. The Balaban J connectivity index is 3.11. The van der Waals surface area contributed by atoms with Crippen LogP contribution in [-0.2, 0) is 4.79 Å². The van der Waals surface area contributed by atoms with Gasteiger partial charge in [-0.15, -0.1) is 0 Å². The Hall–Kier alpha value is -0.570. The highest BCUT2D eigenvalue weighted by Gasteiger charge is 1.97. The maximum Gasteiger partial charge on any atom is 0.233 e. The number of rotatable bonds is 7. The first-order chi connectivity index (χ1) is 6.16. The number of hydrogen-bond acceptors (Lipinski definition) is 2. The van der Waals surface area contributed by atoms with Gasteiger partial charge in [0, 0.05) is 6.54 Å². The van der Waals surface area contributed by atoms with Gasteiger partial charge in [-0.3, -0.25) is 4.79 Å². The number of carbonyl (C=O) groups is 1. The summed E-state index contributed by atoms with van der Waals surface area (Å²) in [4.78, 5) is 11.0. The molecule has 0 unspecified atom stereocenters. The van der Waals surface area contributed by atoms with Crippen molar-refractivity contribution in [2.45, 2.75) is 33.6 Å². The Bertz CT molecular complexity index is 135. The van der Waals surface area contributed by atoms with E-state index in [9.17, 15) is 4.79 Å². The summed E-state index contributed by atoms with van der Waals surface area (Å²) in [5.41, 5.74) is 0. The third-order valence-electron chi connectivity index (χ3n) is 1.79. The smallest absolute Gasteiger partial charge is 0.233 e. The van der Waals surface area contributed by atoms with Gasteiger partial charge in [0.1, 0.15) is 0 Å². The Morgan fingerprint density at radius 2 is 2.08 bits per heavy atom. The average Bonchev–Trinajstić information content (AvgIpc) is 2.03. The first-order valence-corrected chi connectivity index (χ1v) is 5.14. The van der Waals surface area contributed by atoms with Crippen molar-refractivity contribution >= 4 is 5.91 Å². The number of hydrogen-bond donors (Lipinski definition) is 2. The summed E-state index contributed by atoms with van der Waals surface area (Å²) in [6.07, 6.45) is 2.37. The lowest BCUT2D eigenvalue weighted by molar-refractivity contribution is -0.120. The van der Waals surface area contributed by atoms with Crippen molar-refractivity contribution in [1.29, 1.82) is 0 Å². The van der Waals surface area contributed by atoms with Crippen molar-refractivity contribution in [2.24, 2.45) is 5.92 Å². The zero-order valence-corrected chi connectivity index (χ0v) is 9.02. The molecule has 0 aromatic rings. The summed E-state index contributed by atoms with van der Waals surface area (Å²) >= 11 is 0. The molecule has 0 fully saturated rings. The van der Waals surface area contributed by atoms with Gasteiger partial charge in [-0.05, 0) is 32.2 Å². The summed E-state index contributed by atoms with van der Waals surface area (Å²) in [6, 6.07) is 0. The molecule has 13 heavy (non-hydrogen) atoms. The van der Waals surface area contributed by atoms with E-state index in [1.807, 2.05) is 6.92 Å². The van der Waals surface area contributed by atoms with Gasteiger partial charge >= 0.3 is 0 Å². The van der Waals surface area contributed by atoms with E-state index < -0.39 is 0 Å². The number of likely N-dealkylation sites (N-methyl/N-ethyl adjacent to an activating group) is 1. The monoisotopic (exact) mass is 186 g/mol. The van der Waals surface area contributed by atoms with Gasteiger partial charge in [0.25, 0.3) is 0 Å². The van der Waals surface area contributed by atoms with Gasteiger partial charge in [0.15, 0.2) is 0 Å². The Morgan fingerprint density at radius 1 is 1.38 bits per heavy atom. The number of amides is 1. The van der Waals surface area contributed by atoms with E-state index in [-0.39, 0.29) is 5.91 Å². The molecule has 0 aromatic carbocycles. The third-order valence-corrected chi connectivity index (χ3v) is 1.79. The molecule has 0 saturated heterocycles. The molecular weight excluding hydrogens is 164 g/mol. The van der Waals surface area contributed by atoms with E-state index in [2.05, 4.69) is 24.5 Å². The SMILES string of the molecule is CCNC(=O)CNCCCC(C)C. The lowest BCUT2D eigenvalue weighted by Gasteiger charge is -2.06. The molecule has 1 amide bonds. The molecule has 0 aliphatic heterocycles. The summed E-state index contributed by atoms with van der Waals surface area (Å²) in [7, 11) is 0. The lowest BCUT2D eigenvalue weighted by Crippen LogP contribution is -2.34. The zero-order chi connectivity index (χ0) is 10.1. The van der Waals surface area contributed by atoms with Gasteiger partial charge in [-0.25, -0.2) is 0 Å². The molecule has 3 nitrogen and oxygen atoms in total. The minimum Gasteiger partial charge on any atom is -0.355 e. The van der Waals surface area contributed by atoms with Gasteiger partial charge in [-0.1, -0.05) is 13.8 Å². The van der Waals surface area contributed by atoms with Crippen molar-refractivity contribution in [2.75, 3.05) is 19.6 Å². The minimum atomic E-state index is 0.0899. The van der Waals surface area contributed by atoms with E-state index in [1.54, 1.807) is 0 Å². The van der Waals surface area contributed by atoms with Crippen LogP contribution in [0.1, 0.15) is 33.6 Å². The second-order valence-electron chi connectivity index (χ2n) is 3.67. The van der Waals surface area contributed by atoms with Crippen LogP contribution in [0.3, 0.4) is 0 Å². The summed E-state index contributed by atoms with van der Waals surface area (Å²) in [6.45, 7) is 8.46. The highest BCUT2D eigenvalue weighted by molar-refractivity contribution is 5.77. The van der Waals surface area contributed by atoms with Gasteiger partial charge in [0.2, 0.25) is 5.91 Å². The maximum absolute atomic E-state index is 11.0. The molecule has 3 heteroatoms. The highest BCUT2D eigenvalue weighted by atomic mass is 16.1. The lowest BCUT2D eigenvalue weighted by atomic mass is 10.1. The van der Waals surface area contributed by atoms with Crippen LogP contribution < -0.4 is 10.6 Å². The van der Waals surface area contributed by atoms with Gasteiger partial charge < -0.3 is 10.6 Å². The molecule has 0 radical (unpaired) electrons. The predicted octanol–water partition coefficient (Wildman–Crippen LogP) is 1.15. The van der Waals surface area contributed by atoms with Gasteiger partial charge in [-0.2, -0.15) is 0 Å². The molecule has 0 bridgehead atoms. The zero-order valence-electron chi connectivity index (χ0n) is 9.02. The Morgan fingerprint density at radius 3 is 2.62 bits per heavy atom. The Kier molecular flexibility index (Phi) is 7.69. The average molecular weight is 186 g/mol. The largest absolute Gasteiger partial charge is 0.355 e. The standard InChI is InChI=1S/C10H22N2O/c1-4-12-10(13)8-11-7-5-6-9(2)3/h9,11H,4-8H2,1-3H3,(H,12,13). The fraction of sp³-hybridized carbons (Fsp3) is 0.900. The van der Waals surface area contributed by atoms with Crippen molar-refractivity contribution in [3.63, 3.8) is 0 Å². The van der Waals surface area contributed by atoms with Crippen LogP contribution in [0.25, 0.3) is 0 Å². The summed E-state index contributed by atoms with van der Waals surface area (Å²) in [5, 5.41) is 5.86. The summed E-state index contributed by atoms with van der Waals surface area (Å²) in [5.74, 6) is 0.846. The highest BCUT2D eigenvalue weighted by Crippen LogP contribution is 2.01. The molecule has 0 aromatic heterocycles. The molecule has 0 aliphatic rings. The van der Waals surface area contributed by atoms with E-state index >= 15 is 0 Å². The number of carbonyl (C=O) groups excluding carboxylic acids is 1. The second-order valence-corrected chi connectivity index (χ2v) is 3.67. The van der Waals surface area contributed by atoms with Gasteiger partial charge in [0.05, 0.1) is 6.54 Å². The molecule has 0 heterocycles. The van der Waals surface area contributed by atoms with Crippen LogP contribution in [0.5, 0.6) is 0 Å². The first kappa shape index (κ1) is 12.4. The van der Waals surface area contributed by atoms with E-state index in [0.717, 1.165) is 18.9 Å².